The van der Waals surface area contributed by atoms with Crippen molar-refractivity contribution in [2.24, 2.45) is 0 Å². The second kappa shape index (κ2) is 6.95. The summed E-state index contributed by atoms with van der Waals surface area (Å²) in [7, 11) is 1.54. The normalized spacial score (nSPS) is 10.0. The summed E-state index contributed by atoms with van der Waals surface area (Å²) < 4.78 is 5.07. The van der Waals surface area contributed by atoms with Crippen LogP contribution in [0.25, 0.3) is 0 Å². The van der Waals surface area contributed by atoms with Gasteiger partial charge in [0.2, 0.25) is 0 Å². The highest BCUT2D eigenvalue weighted by molar-refractivity contribution is 6.32. The molecule has 1 aromatic heterocycles. The molecule has 0 bridgehead atoms. The van der Waals surface area contributed by atoms with Crippen molar-refractivity contribution in [3.63, 3.8) is 0 Å². The van der Waals surface area contributed by atoms with E-state index in [1.54, 1.807) is 30.5 Å². The Balaban J connectivity index is 2.14. The van der Waals surface area contributed by atoms with Crippen LogP contribution in [-0.2, 0) is 0 Å². The molecule has 110 valence electrons. The van der Waals surface area contributed by atoms with Crippen molar-refractivity contribution >= 4 is 28.9 Å². The van der Waals surface area contributed by atoms with E-state index in [9.17, 15) is 4.79 Å². The van der Waals surface area contributed by atoms with Gasteiger partial charge in [-0.3, -0.25) is 9.78 Å². The van der Waals surface area contributed by atoms with E-state index in [2.05, 4.69) is 15.6 Å². The lowest BCUT2D eigenvalue weighted by Gasteiger charge is -2.09. The monoisotopic (exact) mass is 305 g/mol. The highest BCUT2D eigenvalue weighted by atomic mass is 35.5. The molecule has 6 heteroatoms. The third-order valence-corrected chi connectivity index (χ3v) is 3.08. The third-order valence-electron chi connectivity index (χ3n) is 2.78. The van der Waals surface area contributed by atoms with Gasteiger partial charge in [0.1, 0.15) is 11.4 Å². The molecule has 5 nitrogen and oxygen atoms in total. The van der Waals surface area contributed by atoms with Crippen LogP contribution in [0, 0.1) is 0 Å². The van der Waals surface area contributed by atoms with Gasteiger partial charge in [-0.2, -0.15) is 0 Å². The number of ether oxygens (including phenoxy) is 1. The SMILES string of the molecule is CCNc1ccnc(C(=O)Nc2ccc(OC)c(Cl)c2)c1. The van der Waals surface area contributed by atoms with Gasteiger partial charge in [0.25, 0.3) is 5.91 Å². The van der Waals surface area contributed by atoms with Gasteiger partial charge in [-0.05, 0) is 37.3 Å². The number of anilines is 2. The highest BCUT2D eigenvalue weighted by Crippen LogP contribution is 2.27. The van der Waals surface area contributed by atoms with E-state index in [-0.39, 0.29) is 5.91 Å². The van der Waals surface area contributed by atoms with Gasteiger partial charge in [0.15, 0.2) is 0 Å². The number of rotatable bonds is 5. The number of aromatic nitrogens is 1. The number of carbonyl (C=O) groups excluding carboxylic acids is 1. The predicted octanol–water partition coefficient (Wildman–Crippen LogP) is 3.43. The summed E-state index contributed by atoms with van der Waals surface area (Å²) in [5.41, 5.74) is 1.77. The summed E-state index contributed by atoms with van der Waals surface area (Å²) >= 11 is 6.02. The Kier molecular flexibility index (Phi) is 5.00. The molecule has 2 N–H and O–H groups in total. The lowest BCUT2D eigenvalue weighted by atomic mass is 10.2. The quantitative estimate of drug-likeness (QED) is 0.888. The summed E-state index contributed by atoms with van der Waals surface area (Å²) in [6.07, 6.45) is 1.59. The van der Waals surface area contributed by atoms with Crippen LogP contribution in [0.4, 0.5) is 11.4 Å². The predicted molar refractivity (Wildman–Crippen MR) is 84.4 cm³/mol. The van der Waals surface area contributed by atoms with Crippen molar-refractivity contribution in [3.8, 4) is 5.75 Å². The Morgan fingerprint density at radius 1 is 1.29 bits per heavy atom. The van der Waals surface area contributed by atoms with Gasteiger partial charge in [0.05, 0.1) is 12.1 Å². The molecule has 2 rings (SSSR count). The van der Waals surface area contributed by atoms with Gasteiger partial charge in [0, 0.05) is 24.1 Å². The van der Waals surface area contributed by atoms with Crippen LogP contribution < -0.4 is 15.4 Å². The van der Waals surface area contributed by atoms with Crippen LogP contribution in [0.5, 0.6) is 5.75 Å². The molecule has 0 saturated heterocycles. The molecule has 0 aliphatic carbocycles. The summed E-state index contributed by atoms with van der Waals surface area (Å²) in [5.74, 6) is 0.262. The van der Waals surface area contributed by atoms with Gasteiger partial charge >= 0.3 is 0 Å². The van der Waals surface area contributed by atoms with Gasteiger partial charge in [-0.1, -0.05) is 11.6 Å². The zero-order valence-corrected chi connectivity index (χ0v) is 12.6. The first-order valence-electron chi connectivity index (χ1n) is 6.49. The first kappa shape index (κ1) is 15.1. The topological polar surface area (TPSA) is 63.2 Å². The molecule has 0 fully saturated rings. The Hall–Kier alpha value is -2.27. The Morgan fingerprint density at radius 3 is 2.76 bits per heavy atom. The van der Waals surface area contributed by atoms with Crippen LogP contribution in [-0.4, -0.2) is 24.5 Å². The van der Waals surface area contributed by atoms with Crippen molar-refractivity contribution in [1.82, 2.24) is 4.98 Å². The number of nitrogens with zero attached hydrogens (tertiary/aromatic N) is 1. The number of hydrogen-bond donors (Lipinski definition) is 2. The van der Waals surface area contributed by atoms with Gasteiger partial charge in [-0.15, -0.1) is 0 Å². The number of benzene rings is 1. The van der Waals surface area contributed by atoms with E-state index >= 15 is 0 Å². The lowest BCUT2D eigenvalue weighted by Crippen LogP contribution is -2.14. The average molecular weight is 306 g/mol. The van der Waals surface area contributed by atoms with E-state index in [0.717, 1.165) is 12.2 Å². The molecule has 0 unspecified atom stereocenters. The van der Waals surface area contributed by atoms with Crippen molar-refractivity contribution in [2.75, 3.05) is 24.3 Å². The number of hydrogen-bond acceptors (Lipinski definition) is 4. The number of amides is 1. The van der Waals surface area contributed by atoms with Crippen molar-refractivity contribution < 1.29 is 9.53 Å². The molecular weight excluding hydrogens is 290 g/mol. The zero-order valence-electron chi connectivity index (χ0n) is 11.8. The third kappa shape index (κ3) is 3.86. The fourth-order valence-electron chi connectivity index (χ4n) is 1.81. The van der Waals surface area contributed by atoms with Crippen LogP contribution in [0.3, 0.4) is 0 Å². The molecule has 1 aromatic carbocycles. The molecule has 0 aliphatic heterocycles. The van der Waals surface area contributed by atoms with Crippen LogP contribution in [0.1, 0.15) is 17.4 Å². The van der Waals surface area contributed by atoms with Gasteiger partial charge < -0.3 is 15.4 Å². The van der Waals surface area contributed by atoms with E-state index in [0.29, 0.717) is 22.2 Å². The smallest absolute Gasteiger partial charge is 0.274 e. The first-order valence-corrected chi connectivity index (χ1v) is 6.86. The fourth-order valence-corrected chi connectivity index (χ4v) is 2.07. The molecule has 1 heterocycles. The molecule has 21 heavy (non-hydrogen) atoms. The van der Waals surface area contributed by atoms with Gasteiger partial charge in [-0.25, -0.2) is 0 Å². The fraction of sp³-hybridized carbons (Fsp3) is 0.200. The molecule has 0 atom stereocenters. The minimum absolute atomic E-state index is 0.295. The van der Waals surface area contributed by atoms with E-state index < -0.39 is 0 Å². The first-order chi connectivity index (χ1) is 10.1. The maximum absolute atomic E-state index is 12.2. The Bertz CT molecular complexity index is 647. The highest BCUT2D eigenvalue weighted by Gasteiger charge is 2.10. The van der Waals surface area contributed by atoms with Crippen molar-refractivity contribution in [1.29, 1.82) is 0 Å². The van der Waals surface area contributed by atoms with E-state index in [4.69, 9.17) is 16.3 Å². The second-order valence-corrected chi connectivity index (χ2v) is 4.67. The molecule has 2 aromatic rings. The van der Waals surface area contributed by atoms with Crippen molar-refractivity contribution in [3.05, 3.63) is 47.2 Å². The number of pyridine rings is 1. The number of methoxy groups -OCH3 is 1. The average Bonchev–Trinajstić information content (AvgIpc) is 2.48. The summed E-state index contributed by atoms with van der Waals surface area (Å²) in [6, 6.07) is 8.55. The summed E-state index contributed by atoms with van der Waals surface area (Å²) in [6.45, 7) is 2.76. The Labute approximate surface area is 128 Å². The molecular formula is C15H16ClN3O2. The molecule has 1 amide bonds. The van der Waals surface area contributed by atoms with E-state index in [1.807, 2.05) is 13.0 Å². The number of halogens is 1. The standard InChI is InChI=1S/C15H16ClN3O2/c1-3-17-10-6-7-18-13(9-10)15(20)19-11-4-5-14(21-2)12(16)8-11/h4-9H,3H2,1-2H3,(H,17,18)(H,19,20). The molecule has 0 radical (unpaired) electrons. The zero-order chi connectivity index (χ0) is 15.2. The minimum atomic E-state index is -0.295. The van der Waals surface area contributed by atoms with Crippen LogP contribution >= 0.6 is 11.6 Å². The largest absolute Gasteiger partial charge is 0.495 e. The van der Waals surface area contributed by atoms with Crippen molar-refractivity contribution in [2.45, 2.75) is 6.92 Å². The van der Waals surface area contributed by atoms with Crippen LogP contribution in [0.2, 0.25) is 5.02 Å². The summed E-state index contributed by atoms with van der Waals surface area (Å²) in [5, 5.41) is 6.32. The van der Waals surface area contributed by atoms with Crippen LogP contribution in [0.15, 0.2) is 36.5 Å². The molecule has 0 aliphatic rings. The number of carbonyl (C=O) groups is 1. The Morgan fingerprint density at radius 2 is 2.10 bits per heavy atom. The minimum Gasteiger partial charge on any atom is -0.495 e. The second-order valence-electron chi connectivity index (χ2n) is 4.26. The summed E-state index contributed by atoms with van der Waals surface area (Å²) in [4.78, 5) is 16.2. The number of nitrogens with one attached hydrogen (secondary N) is 2. The maximum atomic E-state index is 12.2. The molecule has 0 spiro atoms. The molecule has 0 saturated carbocycles. The van der Waals surface area contributed by atoms with E-state index in [1.165, 1.54) is 7.11 Å². The lowest BCUT2D eigenvalue weighted by molar-refractivity contribution is 0.102. The maximum Gasteiger partial charge on any atom is 0.274 e.